The van der Waals surface area contributed by atoms with Gasteiger partial charge in [0.1, 0.15) is 5.75 Å². The first-order chi connectivity index (χ1) is 9.52. The minimum atomic E-state index is -0.592. The number of ether oxygens (including phenoxy) is 1. The molecule has 2 N–H and O–H groups in total. The molecule has 0 fully saturated rings. The van der Waals surface area contributed by atoms with Gasteiger partial charge in [-0.05, 0) is 24.6 Å². The largest absolute Gasteiger partial charge is 0.497 e. The van der Waals surface area contributed by atoms with Gasteiger partial charge in [-0.3, -0.25) is 20.0 Å². The van der Waals surface area contributed by atoms with Gasteiger partial charge in [0.15, 0.2) is 0 Å². The van der Waals surface area contributed by atoms with Crippen LogP contribution in [0.4, 0.5) is 0 Å². The normalized spacial score (nSPS) is 12.1. The predicted octanol–water partition coefficient (Wildman–Crippen LogP) is 1.43. The number of nitrogens with one attached hydrogen (secondary N) is 2. The molecule has 1 heterocycles. The zero-order chi connectivity index (χ0) is 14.7. The van der Waals surface area contributed by atoms with Crippen molar-refractivity contribution in [3.63, 3.8) is 0 Å². The van der Waals surface area contributed by atoms with E-state index >= 15 is 0 Å². The van der Waals surface area contributed by atoms with Crippen LogP contribution in [0.3, 0.4) is 0 Å². The maximum Gasteiger partial charge on any atom is 0.268 e. The van der Waals surface area contributed by atoms with E-state index in [1.165, 1.54) is 0 Å². The number of hydrogen-bond acceptors (Lipinski definition) is 4. The van der Waals surface area contributed by atoms with Crippen LogP contribution in [-0.2, 0) is 0 Å². The number of nitrogens with zero attached hydrogens (tertiary/aromatic N) is 1. The first-order valence-corrected chi connectivity index (χ1v) is 6.05. The molecule has 0 radical (unpaired) electrons. The van der Waals surface area contributed by atoms with Crippen LogP contribution in [-0.4, -0.2) is 28.8 Å². The summed E-state index contributed by atoms with van der Waals surface area (Å²) in [5.41, 5.74) is 1.38. The fourth-order valence-electron chi connectivity index (χ4n) is 2.22. The third kappa shape index (κ3) is 2.71. The van der Waals surface area contributed by atoms with E-state index in [9.17, 15) is 14.9 Å². The zero-order valence-corrected chi connectivity index (χ0v) is 11.2. The minimum Gasteiger partial charge on any atom is -0.497 e. The van der Waals surface area contributed by atoms with Crippen LogP contribution in [0.5, 0.6) is 5.75 Å². The number of aromatic amines is 2. The maximum atomic E-state index is 11.8. The van der Waals surface area contributed by atoms with E-state index in [2.05, 4.69) is 10.2 Å². The molecule has 7 heteroatoms. The second kappa shape index (κ2) is 5.60. The molecule has 1 atom stereocenters. The number of methoxy groups -OCH3 is 1. The van der Waals surface area contributed by atoms with Crippen molar-refractivity contribution in [1.29, 1.82) is 0 Å². The number of hydrogen-bond donors (Lipinski definition) is 2. The highest BCUT2D eigenvalue weighted by Gasteiger charge is 2.25. The molecule has 2 rings (SSSR count). The first kappa shape index (κ1) is 13.9. The SMILES string of the molecule is COc1ccc(C(C[N+](=O)[O-])c2c(C)[nH][nH]c2=O)cc1. The van der Waals surface area contributed by atoms with Gasteiger partial charge in [0.05, 0.1) is 18.6 Å². The van der Waals surface area contributed by atoms with E-state index in [0.717, 1.165) is 0 Å². The summed E-state index contributed by atoms with van der Waals surface area (Å²) in [6.45, 7) is 1.37. The molecule has 0 saturated heterocycles. The highest BCUT2D eigenvalue weighted by atomic mass is 16.6. The van der Waals surface area contributed by atoms with Gasteiger partial charge >= 0.3 is 0 Å². The van der Waals surface area contributed by atoms with Crippen LogP contribution >= 0.6 is 0 Å². The summed E-state index contributed by atoms with van der Waals surface area (Å²) in [6, 6.07) is 6.91. The van der Waals surface area contributed by atoms with E-state index in [1.54, 1.807) is 38.3 Å². The number of aryl methyl sites for hydroxylation is 1. The standard InChI is InChI=1S/C13H15N3O4/c1-8-12(13(17)15-14-8)11(7-16(18)19)9-3-5-10(20-2)6-4-9/h3-6,11H,7H2,1-2H3,(H2,14,15,17). The highest BCUT2D eigenvalue weighted by Crippen LogP contribution is 2.26. The van der Waals surface area contributed by atoms with Crippen molar-refractivity contribution in [1.82, 2.24) is 10.2 Å². The second-order valence-electron chi connectivity index (χ2n) is 4.46. The molecule has 0 saturated carbocycles. The highest BCUT2D eigenvalue weighted by molar-refractivity contribution is 5.36. The molecule has 1 unspecified atom stereocenters. The van der Waals surface area contributed by atoms with E-state index < -0.39 is 10.8 Å². The lowest BCUT2D eigenvalue weighted by Crippen LogP contribution is -2.20. The summed E-state index contributed by atoms with van der Waals surface area (Å²) in [7, 11) is 1.55. The monoisotopic (exact) mass is 277 g/mol. The van der Waals surface area contributed by atoms with Crippen molar-refractivity contribution in [3.05, 3.63) is 61.6 Å². The summed E-state index contributed by atoms with van der Waals surface area (Å²) in [6.07, 6.45) is 0. The number of H-pyrrole nitrogens is 2. The van der Waals surface area contributed by atoms with Crippen LogP contribution in [0.25, 0.3) is 0 Å². The summed E-state index contributed by atoms with van der Waals surface area (Å²) >= 11 is 0. The van der Waals surface area contributed by atoms with Gasteiger partial charge in [0.25, 0.3) is 5.56 Å². The smallest absolute Gasteiger partial charge is 0.268 e. The number of benzene rings is 1. The van der Waals surface area contributed by atoms with E-state index in [0.29, 0.717) is 22.6 Å². The molecule has 0 aliphatic heterocycles. The fraction of sp³-hybridized carbons (Fsp3) is 0.308. The summed E-state index contributed by atoms with van der Waals surface area (Å²) < 4.78 is 5.06. The molecule has 7 nitrogen and oxygen atoms in total. The Bertz CT molecular complexity index is 657. The Kier molecular flexibility index (Phi) is 3.88. The van der Waals surface area contributed by atoms with Gasteiger partial charge in [0.2, 0.25) is 6.54 Å². The molecule has 1 aromatic heterocycles. The quantitative estimate of drug-likeness (QED) is 0.637. The van der Waals surface area contributed by atoms with Gasteiger partial charge in [-0.25, -0.2) is 0 Å². The van der Waals surface area contributed by atoms with Crippen molar-refractivity contribution in [3.8, 4) is 5.75 Å². The lowest BCUT2D eigenvalue weighted by Gasteiger charge is -2.12. The molecule has 1 aromatic carbocycles. The summed E-state index contributed by atoms with van der Waals surface area (Å²) in [4.78, 5) is 22.3. The molecular weight excluding hydrogens is 262 g/mol. The van der Waals surface area contributed by atoms with Gasteiger partial charge < -0.3 is 9.84 Å². The maximum absolute atomic E-state index is 11.8. The molecule has 0 amide bonds. The number of aromatic nitrogens is 2. The first-order valence-electron chi connectivity index (χ1n) is 6.05. The van der Waals surface area contributed by atoms with Crippen LogP contribution < -0.4 is 10.3 Å². The van der Waals surface area contributed by atoms with E-state index in [-0.39, 0.29) is 12.1 Å². The van der Waals surface area contributed by atoms with Crippen LogP contribution in [0, 0.1) is 17.0 Å². The van der Waals surface area contributed by atoms with Crippen molar-refractivity contribution < 1.29 is 9.66 Å². The van der Waals surface area contributed by atoms with Crippen molar-refractivity contribution in [2.24, 2.45) is 0 Å². The number of nitro groups is 1. The van der Waals surface area contributed by atoms with Gasteiger partial charge in [0, 0.05) is 10.6 Å². The Morgan fingerprint density at radius 2 is 1.95 bits per heavy atom. The Balaban J connectivity index is 2.46. The topological polar surface area (TPSA) is 101 Å². The third-order valence-electron chi connectivity index (χ3n) is 3.21. The molecule has 0 aliphatic carbocycles. The second-order valence-corrected chi connectivity index (χ2v) is 4.46. The van der Waals surface area contributed by atoms with Crippen molar-refractivity contribution in [2.75, 3.05) is 13.7 Å². The van der Waals surface area contributed by atoms with Crippen LogP contribution in [0.15, 0.2) is 29.1 Å². The molecule has 2 aromatic rings. The van der Waals surface area contributed by atoms with Gasteiger partial charge in [-0.1, -0.05) is 12.1 Å². The third-order valence-corrected chi connectivity index (χ3v) is 3.21. The molecule has 0 bridgehead atoms. The van der Waals surface area contributed by atoms with Crippen LogP contribution in [0.2, 0.25) is 0 Å². The van der Waals surface area contributed by atoms with E-state index in [1.807, 2.05) is 0 Å². The molecule has 20 heavy (non-hydrogen) atoms. The molecular formula is C13H15N3O4. The van der Waals surface area contributed by atoms with Gasteiger partial charge in [-0.2, -0.15) is 0 Å². The lowest BCUT2D eigenvalue weighted by atomic mass is 9.91. The average molecular weight is 277 g/mol. The summed E-state index contributed by atoms with van der Waals surface area (Å²) in [5, 5.41) is 16.0. The molecule has 0 spiro atoms. The average Bonchev–Trinajstić information content (AvgIpc) is 2.76. The molecule has 106 valence electrons. The van der Waals surface area contributed by atoms with Crippen molar-refractivity contribution in [2.45, 2.75) is 12.8 Å². The fourth-order valence-corrected chi connectivity index (χ4v) is 2.22. The Labute approximate surface area is 114 Å². The Hall–Kier alpha value is -2.57. The van der Waals surface area contributed by atoms with Gasteiger partial charge in [-0.15, -0.1) is 0 Å². The lowest BCUT2D eigenvalue weighted by molar-refractivity contribution is -0.481. The summed E-state index contributed by atoms with van der Waals surface area (Å²) in [5.74, 6) is 0.0687. The van der Waals surface area contributed by atoms with E-state index in [4.69, 9.17) is 4.74 Å². The Morgan fingerprint density at radius 3 is 2.40 bits per heavy atom. The van der Waals surface area contributed by atoms with Crippen molar-refractivity contribution >= 4 is 0 Å². The number of rotatable bonds is 5. The minimum absolute atomic E-state index is 0.329. The molecule has 0 aliphatic rings. The Morgan fingerprint density at radius 1 is 1.30 bits per heavy atom. The predicted molar refractivity (Wildman–Crippen MR) is 72.8 cm³/mol. The zero-order valence-electron chi connectivity index (χ0n) is 11.2. The van der Waals surface area contributed by atoms with Crippen LogP contribution in [0.1, 0.15) is 22.7 Å².